The highest BCUT2D eigenvalue weighted by molar-refractivity contribution is 8.00. The van der Waals surface area contributed by atoms with Crippen LogP contribution in [0.25, 0.3) is 0 Å². The molecule has 3 N–H and O–H groups in total. The molecule has 1 aliphatic carbocycles. The van der Waals surface area contributed by atoms with Crippen LogP contribution in [0.4, 0.5) is 5.69 Å². The van der Waals surface area contributed by atoms with Crippen LogP contribution >= 0.6 is 11.8 Å². The van der Waals surface area contributed by atoms with Gasteiger partial charge in [-0.15, -0.1) is 11.8 Å². The zero-order chi connectivity index (χ0) is 15.5. The van der Waals surface area contributed by atoms with Gasteiger partial charge in [-0.05, 0) is 43.0 Å². The predicted octanol–water partition coefficient (Wildman–Crippen LogP) is 1.39. The van der Waals surface area contributed by atoms with Crippen molar-refractivity contribution in [2.45, 2.75) is 23.8 Å². The van der Waals surface area contributed by atoms with Crippen LogP contribution in [0.15, 0.2) is 29.2 Å². The quantitative estimate of drug-likeness (QED) is 0.583. The van der Waals surface area contributed by atoms with Crippen LogP contribution < -0.4 is 5.73 Å². The summed E-state index contributed by atoms with van der Waals surface area (Å²) in [5.41, 5.74) is 6.31. The number of nitrogens with two attached hydrogens (primary N) is 1. The van der Waals surface area contributed by atoms with Gasteiger partial charge in [0.1, 0.15) is 0 Å². The molecule has 7 heteroatoms. The van der Waals surface area contributed by atoms with Crippen molar-refractivity contribution in [3.63, 3.8) is 0 Å². The molecule has 1 saturated carbocycles. The fourth-order valence-corrected chi connectivity index (χ4v) is 4.80. The third-order valence-electron chi connectivity index (χ3n) is 3.69. The fourth-order valence-electron chi connectivity index (χ4n) is 2.31. The Morgan fingerprint density at radius 2 is 1.95 bits per heavy atom. The number of aliphatic hydroxyl groups is 1. The third-order valence-corrected chi connectivity index (χ3v) is 6.78. The molecule has 5 nitrogen and oxygen atoms in total. The van der Waals surface area contributed by atoms with Crippen molar-refractivity contribution in [1.29, 1.82) is 0 Å². The summed E-state index contributed by atoms with van der Waals surface area (Å²) in [6, 6.07) is 7.41. The summed E-state index contributed by atoms with van der Waals surface area (Å²) in [5, 5.41) is 9.24. The van der Waals surface area contributed by atoms with E-state index < -0.39 is 10.0 Å². The van der Waals surface area contributed by atoms with Crippen LogP contribution in [0.5, 0.6) is 0 Å². The average molecular weight is 330 g/mol. The minimum Gasteiger partial charge on any atom is -0.399 e. The van der Waals surface area contributed by atoms with Crippen molar-refractivity contribution >= 4 is 27.5 Å². The zero-order valence-corrected chi connectivity index (χ0v) is 13.7. The molecule has 0 radical (unpaired) electrons. The average Bonchev–Trinajstić information content (AvgIpc) is 2.39. The number of rotatable bonds is 7. The zero-order valence-electron chi connectivity index (χ0n) is 12.1. The number of thioether (sulfide) groups is 1. The highest BCUT2D eigenvalue weighted by Gasteiger charge is 2.30. The van der Waals surface area contributed by atoms with E-state index >= 15 is 0 Å². The molecule has 0 bridgehead atoms. The van der Waals surface area contributed by atoms with Crippen LogP contribution in [0.2, 0.25) is 0 Å². The van der Waals surface area contributed by atoms with E-state index in [9.17, 15) is 13.5 Å². The Hall–Kier alpha value is -0.760. The highest BCUT2D eigenvalue weighted by Crippen LogP contribution is 2.28. The van der Waals surface area contributed by atoms with Crippen LogP contribution in [0, 0.1) is 5.92 Å². The molecule has 2 rings (SSSR count). The molecule has 1 aliphatic rings. The molecule has 1 aromatic carbocycles. The van der Waals surface area contributed by atoms with Crippen molar-refractivity contribution in [1.82, 2.24) is 4.31 Å². The normalized spacial score (nSPS) is 22.2. The largest absolute Gasteiger partial charge is 0.399 e. The van der Waals surface area contributed by atoms with E-state index in [1.165, 1.54) is 16.1 Å². The summed E-state index contributed by atoms with van der Waals surface area (Å²) in [6.45, 7) is 0.506. The third kappa shape index (κ3) is 4.88. The molecule has 118 valence electrons. The molecule has 0 spiro atoms. The Morgan fingerprint density at radius 1 is 1.33 bits per heavy atom. The van der Waals surface area contributed by atoms with E-state index in [0.29, 0.717) is 36.7 Å². The molecule has 1 aromatic rings. The van der Waals surface area contributed by atoms with Gasteiger partial charge < -0.3 is 10.8 Å². The van der Waals surface area contributed by atoms with E-state index in [0.717, 1.165) is 4.90 Å². The van der Waals surface area contributed by atoms with E-state index in [2.05, 4.69) is 0 Å². The number of hydrogen-bond donors (Lipinski definition) is 2. The van der Waals surface area contributed by atoms with Crippen molar-refractivity contribution in [3.05, 3.63) is 24.3 Å². The summed E-state index contributed by atoms with van der Waals surface area (Å²) >= 11 is 1.51. The fraction of sp³-hybridized carbons (Fsp3) is 0.571. The van der Waals surface area contributed by atoms with Crippen molar-refractivity contribution in [2.24, 2.45) is 5.92 Å². The maximum Gasteiger partial charge on any atom is 0.214 e. The van der Waals surface area contributed by atoms with Gasteiger partial charge >= 0.3 is 0 Å². The van der Waals surface area contributed by atoms with Crippen LogP contribution in [0.3, 0.4) is 0 Å². The summed E-state index contributed by atoms with van der Waals surface area (Å²) in [4.78, 5) is 1.02. The summed E-state index contributed by atoms with van der Waals surface area (Å²) in [6.07, 6.45) is 1.17. The second-order valence-electron chi connectivity index (χ2n) is 5.51. The lowest BCUT2D eigenvalue weighted by molar-refractivity contribution is 0.0367. The van der Waals surface area contributed by atoms with Crippen molar-refractivity contribution < 1.29 is 13.5 Å². The molecular weight excluding hydrogens is 308 g/mol. The minimum absolute atomic E-state index is 0.119. The summed E-state index contributed by atoms with van der Waals surface area (Å²) in [5.74, 6) is 0.932. The Kier molecular flexibility index (Phi) is 5.54. The Balaban J connectivity index is 1.76. The molecule has 0 aliphatic heterocycles. The van der Waals surface area contributed by atoms with Gasteiger partial charge in [0, 0.05) is 29.9 Å². The molecule has 0 amide bonds. The Morgan fingerprint density at radius 3 is 2.52 bits per heavy atom. The SMILES string of the molecule is CN(CC1CC(O)C1)S(=O)(=O)CCSc1ccc(N)cc1. The number of benzene rings is 1. The number of nitrogen functional groups attached to an aromatic ring is 1. The molecular formula is C14H22N2O3S2. The van der Waals surface area contributed by atoms with Gasteiger partial charge in [-0.2, -0.15) is 0 Å². The molecule has 0 heterocycles. The summed E-state index contributed by atoms with van der Waals surface area (Å²) < 4.78 is 25.7. The van der Waals surface area contributed by atoms with Gasteiger partial charge in [0.2, 0.25) is 10.0 Å². The van der Waals surface area contributed by atoms with Crippen molar-refractivity contribution in [2.75, 3.05) is 30.8 Å². The smallest absolute Gasteiger partial charge is 0.214 e. The first-order valence-electron chi connectivity index (χ1n) is 6.97. The number of aliphatic hydroxyl groups excluding tert-OH is 1. The second-order valence-corrected chi connectivity index (χ2v) is 8.87. The Bertz CT molecular complexity index is 554. The topological polar surface area (TPSA) is 83.6 Å². The monoisotopic (exact) mass is 330 g/mol. The lowest BCUT2D eigenvalue weighted by Crippen LogP contribution is -2.40. The lowest BCUT2D eigenvalue weighted by Gasteiger charge is -2.34. The minimum atomic E-state index is -3.22. The maximum absolute atomic E-state index is 12.2. The van der Waals surface area contributed by atoms with Crippen LogP contribution in [-0.4, -0.2) is 49.0 Å². The second kappa shape index (κ2) is 7.00. The molecule has 0 atom stereocenters. The lowest BCUT2D eigenvalue weighted by atomic mass is 9.82. The number of anilines is 1. The van der Waals surface area contributed by atoms with Crippen LogP contribution in [0.1, 0.15) is 12.8 Å². The first kappa shape index (κ1) is 16.6. The standard InChI is InChI=1S/C14H22N2O3S2/c1-16(10-11-8-13(17)9-11)21(18,19)7-6-20-14-4-2-12(15)3-5-14/h2-5,11,13,17H,6-10,15H2,1H3. The molecule has 0 aromatic heterocycles. The molecule has 0 saturated heterocycles. The van der Waals surface area contributed by atoms with E-state index in [1.54, 1.807) is 7.05 Å². The maximum atomic E-state index is 12.2. The van der Waals surface area contributed by atoms with Gasteiger partial charge in [0.25, 0.3) is 0 Å². The molecule has 0 unspecified atom stereocenters. The predicted molar refractivity (Wildman–Crippen MR) is 86.7 cm³/mol. The highest BCUT2D eigenvalue weighted by atomic mass is 32.2. The number of hydrogen-bond acceptors (Lipinski definition) is 5. The van der Waals surface area contributed by atoms with Crippen molar-refractivity contribution in [3.8, 4) is 0 Å². The Labute approximate surface area is 130 Å². The van der Waals surface area contributed by atoms with E-state index in [4.69, 9.17) is 5.73 Å². The first-order valence-corrected chi connectivity index (χ1v) is 9.57. The van der Waals surface area contributed by atoms with E-state index in [1.807, 2.05) is 24.3 Å². The molecule has 1 fully saturated rings. The summed E-state index contributed by atoms with van der Waals surface area (Å²) in [7, 11) is -1.60. The van der Waals surface area contributed by atoms with Gasteiger partial charge in [-0.25, -0.2) is 12.7 Å². The first-order chi connectivity index (χ1) is 9.87. The van der Waals surface area contributed by atoms with Crippen LogP contribution in [-0.2, 0) is 10.0 Å². The van der Waals surface area contributed by atoms with E-state index in [-0.39, 0.29) is 11.9 Å². The molecule has 21 heavy (non-hydrogen) atoms. The van der Waals surface area contributed by atoms with Gasteiger partial charge in [0.05, 0.1) is 11.9 Å². The number of sulfonamides is 1. The van der Waals surface area contributed by atoms with Gasteiger partial charge in [-0.1, -0.05) is 0 Å². The van der Waals surface area contributed by atoms with Gasteiger partial charge in [-0.3, -0.25) is 0 Å². The number of nitrogens with zero attached hydrogens (tertiary/aromatic N) is 1. The van der Waals surface area contributed by atoms with Gasteiger partial charge in [0.15, 0.2) is 0 Å².